The van der Waals surface area contributed by atoms with Gasteiger partial charge in [-0.2, -0.15) is 10.1 Å². The van der Waals surface area contributed by atoms with Gasteiger partial charge < -0.3 is 14.6 Å². The molecule has 0 radical (unpaired) electrons. The van der Waals surface area contributed by atoms with Crippen molar-refractivity contribution in [3.05, 3.63) is 23.5 Å². The minimum atomic E-state index is -0.237. The first-order valence-electron chi connectivity index (χ1n) is 7.90. The molecule has 1 aliphatic heterocycles. The van der Waals surface area contributed by atoms with Crippen molar-refractivity contribution in [2.45, 2.75) is 32.9 Å². The van der Waals surface area contributed by atoms with Gasteiger partial charge in [0.1, 0.15) is 11.9 Å². The highest BCUT2D eigenvalue weighted by Crippen LogP contribution is 2.28. The lowest BCUT2D eigenvalue weighted by molar-refractivity contribution is -0.123. The Labute approximate surface area is 140 Å². The van der Waals surface area contributed by atoms with Crippen LogP contribution >= 0.6 is 0 Å². The fourth-order valence-electron chi connectivity index (χ4n) is 2.95. The van der Waals surface area contributed by atoms with Crippen LogP contribution in [0.4, 0.5) is 5.82 Å². The maximum atomic E-state index is 12.4. The van der Waals surface area contributed by atoms with E-state index in [-0.39, 0.29) is 24.6 Å². The lowest BCUT2D eigenvalue weighted by atomic mass is 10.1. The van der Waals surface area contributed by atoms with E-state index in [9.17, 15) is 4.79 Å². The molecule has 0 saturated carbocycles. The van der Waals surface area contributed by atoms with Crippen LogP contribution in [0.3, 0.4) is 0 Å². The first-order valence-corrected chi connectivity index (χ1v) is 7.90. The number of rotatable bonds is 4. The smallest absolute Gasteiger partial charge is 0.246 e. The van der Waals surface area contributed by atoms with Crippen LogP contribution in [0.1, 0.15) is 30.4 Å². The van der Waals surface area contributed by atoms with Gasteiger partial charge in [-0.1, -0.05) is 5.16 Å². The van der Waals surface area contributed by atoms with Crippen LogP contribution in [0.15, 0.2) is 10.6 Å². The number of hydrogen-bond acceptors (Lipinski definition) is 7. The molecule has 2 atom stereocenters. The van der Waals surface area contributed by atoms with Gasteiger partial charge in [0.15, 0.2) is 5.82 Å². The second-order valence-electron chi connectivity index (χ2n) is 6.01. The number of amides is 1. The van der Waals surface area contributed by atoms with Crippen molar-refractivity contribution >= 4 is 11.7 Å². The molecule has 1 fully saturated rings. The third-order valence-corrected chi connectivity index (χ3v) is 4.01. The highest BCUT2D eigenvalue weighted by Gasteiger charge is 2.36. The molecule has 3 rings (SSSR count). The van der Waals surface area contributed by atoms with Crippen LogP contribution in [0, 0.1) is 13.8 Å². The zero-order valence-corrected chi connectivity index (χ0v) is 14.3. The van der Waals surface area contributed by atoms with Gasteiger partial charge in [-0.15, -0.1) is 0 Å². The van der Waals surface area contributed by atoms with E-state index in [0.29, 0.717) is 30.7 Å². The van der Waals surface area contributed by atoms with Crippen molar-refractivity contribution in [2.24, 2.45) is 7.05 Å². The summed E-state index contributed by atoms with van der Waals surface area (Å²) in [5.41, 5.74) is 0.854. The largest absolute Gasteiger partial charge is 0.375 e. The van der Waals surface area contributed by atoms with Crippen LogP contribution in [0.2, 0.25) is 0 Å². The quantitative estimate of drug-likeness (QED) is 0.884. The Hall–Kier alpha value is -2.26. The molecule has 0 aromatic carbocycles. The van der Waals surface area contributed by atoms with Gasteiger partial charge in [-0.05, 0) is 20.8 Å². The van der Waals surface area contributed by atoms with Crippen LogP contribution in [-0.2, 0) is 16.6 Å². The molecular weight excluding hydrogens is 312 g/mol. The fourth-order valence-corrected chi connectivity index (χ4v) is 2.95. The van der Waals surface area contributed by atoms with E-state index < -0.39 is 0 Å². The Morgan fingerprint density at radius 3 is 2.88 bits per heavy atom. The number of aromatic nitrogens is 4. The summed E-state index contributed by atoms with van der Waals surface area (Å²) in [6, 6.07) is 1.59. The van der Waals surface area contributed by atoms with Crippen molar-refractivity contribution in [3.63, 3.8) is 0 Å². The molecule has 0 bridgehead atoms. The van der Waals surface area contributed by atoms with E-state index in [4.69, 9.17) is 9.26 Å². The summed E-state index contributed by atoms with van der Waals surface area (Å²) in [4.78, 5) is 18.7. The summed E-state index contributed by atoms with van der Waals surface area (Å²) in [7, 11) is 1.80. The summed E-state index contributed by atoms with van der Waals surface area (Å²) in [6.45, 7) is 6.98. The molecule has 1 saturated heterocycles. The number of nitrogens with zero attached hydrogens (tertiary/aromatic N) is 5. The lowest BCUT2D eigenvalue weighted by Crippen LogP contribution is -2.47. The molecule has 0 aliphatic carbocycles. The molecule has 3 heterocycles. The van der Waals surface area contributed by atoms with Crippen LogP contribution in [0.25, 0.3) is 0 Å². The zero-order chi connectivity index (χ0) is 17.3. The minimum absolute atomic E-state index is 0.117. The second kappa shape index (κ2) is 6.70. The molecule has 1 N–H and O–H groups in total. The Balaban J connectivity index is 1.71. The highest BCUT2D eigenvalue weighted by molar-refractivity contribution is 5.91. The van der Waals surface area contributed by atoms with E-state index >= 15 is 0 Å². The molecule has 0 spiro atoms. The minimum Gasteiger partial charge on any atom is -0.375 e. The molecule has 24 heavy (non-hydrogen) atoms. The third-order valence-electron chi connectivity index (χ3n) is 4.01. The Kier molecular flexibility index (Phi) is 4.63. The predicted octanol–water partition coefficient (Wildman–Crippen LogP) is 0.820. The molecule has 0 unspecified atom stereocenters. The van der Waals surface area contributed by atoms with Gasteiger partial charge in [-0.3, -0.25) is 14.4 Å². The van der Waals surface area contributed by atoms with Crippen LogP contribution in [0.5, 0.6) is 0 Å². The van der Waals surface area contributed by atoms with E-state index in [1.807, 2.05) is 24.8 Å². The SMILES string of the molecule is Cc1cc(NC(=O)CN2CCO[C@H](C)[C@H]2c2nc(C)no2)n(C)n1. The van der Waals surface area contributed by atoms with E-state index in [1.54, 1.807) is 18.7 Å². The maximum absolute atomic E-state index is 12.4. The molecule has 1 amide bonds. The van der Waals surface area contributed by atoms with Gasteiger partial charge in [0.25, 0.3) is 0 Å². The number of carbonyl (C=O) groups is 1. The average molecular weight is 334 g/mol. The van der Waals surface area contributed by atoms with E-state index in [0.717, 1.165) is 5.69 Å². The van der Waals surface area contributed by atoms with Gasteiger partial charge in [0.2, 0.25) is 11.8 Å². The first kappa shape index (κ1) is 16.6. The maximum Gasteiger partial charge on any atom is 0.246 e. The summed E-state index contributed by atoms with van der Waals surface area (Å²) >= 11 is 0. The molecule has 9 heteroatoms. The summed E-state index contributed by atoms with van der Waals surface area (Å²) in [5.74, 6) is 1.60. The summed E-state index contributed by atoms with van der Waals surface area (Å²) < 4.78 is 12.6. The molecule has 130 valence electrons. The van der Waals surface area contributed by atoms with Crippen molar-refractivity contribution in [1.29, 1.82) is 0 Å². The predicted molar refractivity (Wildman–Crippen MR) is 85.3 cm³/mol. The summed E-state index contributed by atoms with van der Waals surface area (Å²) in [5, 5.41) is 10.9. The number of anilines is 1. The van der Waals surface area contributed by atoms with E-state index in [2.05, 4.69) is 20.6 Å². The second-order valence-corrected chi connectivity index (χ2v) is 6.01. The monoisotopic (exact) mass is 334 g/mol. The summed E-state index contributed by atoms with van der Waals surface area (Å²) in [6.07, 6.45) is -0.134. The Morgan fingerprint density at radius 2 is 2.25 bits per heavy atom. The number of hydrogen-bond donors (Lipinski definition) is 1. The normalized spacial score (nSPS) is 21.8. The number of carbonyl (C=O) groups excluding carboxylic acids is 1. The van der Waals surface area contributed by atoms with Gasteiger partial charge in [-0.25, -0.2) is 0 Å². The highest BCUT2D eigenvalue weighted by atomic mass is 16.5. The molecular formula is C15H22N6O3. The molecule has 2 aromatic heterocycles. The topological polar surface area (TPSA) is 98.3 Å². The van der Waals surface area contributed by atoms with E-state index in [1.165, 1.54) is 0 Å². The van der Waals surface area contributed by atoms with Crippen molar-refractivity contribution in [3.8, 4) is 0 Å². The van der Waals surface area contributed by atoms with Crippen LogP contribution in [-0.4, -0.2) is 56.5 Å². The van der Waals surface area contributed by atoms with Crippen molar-refractivity contribution < 1.29 is 14.1 Å². The molecule has 9 nitrogen and oxygen atoms in total. The van der Waals surface area contributed by atoms with Gasteiger partial charge >= 0.3 is 0 Å². The fraction of sp³-hybridized carbons (Fsp3) is 0.600. The zero-order valence-electron chi connectivity index (χ0n) is 14.3. The first-order chi connectivity index (χ1) is 11.4. The molecule has 2 aromatic rings. The third kappa shape index (κ3) is 3.46. The lowest BCUT2D eigenvalue weighted by Gasteiger charge is -2.37. The van der Waals surface area contributed by atoms with Crippen LogP contribution < -0.4 is 5.32 Å². The van der Waals surface area contributed by atoms with Crippen molar-refractivity contribution in [2.75, 3.05) is 25.0 Å². The van der Waals surface area contributed by atoms with Gasteiger partial charge in [0, 0.05) is 19.7 Å². The standard InChI is InChI=1S/C15H22N6O3/c1-9-7-12(20(4)18-9)17-13(22)8-21-5-6-23-10(2)14(21)15-16-11(3)19-24-15/h7,10,14H,5-6,8H2,1-4H3,(H,17,22)/t10-,14+/m1/s1. The Morgan fingerprint density at radius 1 is 1.46 bits per heavy atom. The number of morpholine rings is 1. The molecule has 1 aliphatic rings. The number of aryl methyl sites for hydroxylation is 3. The number of nitrogens with one attached hydrogen (secondary N) is 1. The van der Waals surface area contributed by atoms with Crippen molar-refractivity contribution in [1.82, 2.24) is 24.8 Å². The Bertz CT molecular complexity index is 725. The van der Waals surface area contributed by atoms with Gasteiger partial charge in [0.05, 0.1) is 24.9 Å². The average Bonchev–Trinajstić information content (AvgIpc) is 3.05. The number of ether oxygens (including phenoxy) is 1.